The molecule has 0 spiro atoms. The van der Waals surface area contributed by atoms with E-state index in [1.165, 1.54) is 11.3 Å². The molecule has 0 saturated carbocycles. The third kappa shape index (κ3) is 4.27. The quantitative estimate of drug-likeness (QED) is 0.486. The number of ether oxygens (including phenoxy) is 1. The standard InChI is InChI=1S/C23H21N3O2S/c1-14-9-10-15(2)20(12-14)28-16(3)21(27)25-18-7-4-6-17(13-18)22-26-19-8-5-11-24-23(19)29-22/h4-13,16H,1-3H3,(H,25,27). The van der Waals surface area contributed by atoms with E-state index in [0.717, 1.165) is 37.8 Å². The van der Waals surface area contributed by atoms with Crippen molar-refractivity contribution in [3.05, 3.63) is 71.9 Å². The highest BCUT2D eigenvalue weighted by atomic mass is 32.1. The lowest BCUT2D eigenvalue weighted by Crippen LogP contribution is -2.30. The predicted molar refractivity (Wildman–Crippen MR) is 117 cm³/mol. The summed E-state index contributed by atoms with van der Waals surface area (Å²) in [5, 5.41) is 3.81. The molecule has 0 radical (unpaired) electrons. The zero-order valence-electron chi connectivity index (χ0n) is 16.5. The number of hydrogen-bond donors (Lipinski definition) is 1. The number of aryl methyl sites for hydroxylation is 2. The van der Waals surface area contributed by atoms with Crippen LogP contribution < -0.4 is 10.1 Å². The molecule has 0 saturated heterocycles. The Morgan fingerprint density at radius 1 is 1.10 bits per heavy atom. The summed E-state index contributed by atoms with van der Waals surface area (Å²) in [6.07, 6.45) is 1.14. The van der Waals surface area contributed by atoms with Crippen molar-refractivity contribution in [2.24, 2.45) is 0 Å². The molecule has 2 aromatic heterocycles. The van der Waals surface area contributed by atoms with E-state index < -0.39 is 6.10 Å². The van der Waals surface area contributed by atoms with Crippen LogP contribution in [-0.4, -0.2) is 22.0 Å². The van der Waals surface area contributed by atoms with Crippen LogP contribution in [0.2, 0.25) is 0 Å². The van der Waals surface area contributed by atoms with Crippen LogP contribution in [0, 0.1) is 13.8 Å². The number of aromatic nitrogens is 2. The van der Waals surface area contributed by atoms with Crippen molar-refractivity contribution in [1.29, 1.82) is 0 Å². The molecule has 146 valence electrons. The number of carbonyl (C=O) groups is 1. The molecule has 1 atom stereocenters. The van der Waals surface area contributed by atoms with Crippen LogP contribution in [0.4, 0.5) is 5.69 Å². The molecule has 0 fully saturated rings. The molecular formula is C23H21N3O2S. The van der Waals surface area contributed by atoms with Gasteiger partial charge in [0.2, 0.25) is 0 Å². The van der Waals surface area contributed by atoms with Gasteiger partial charge in [0.15, 0.2) is 6.10 Å². The summed E-state index contributed by atoms with van der Waals surface area (Å²) in [7, 11) is 0. The number of amides is 1. The predicted octanol–water partition coefficient (Wildman–Crippen LogP) is 5.38. The maximum atomic E-state index is 12.6. The fourth-order valence-electron chi connectivity index (χ4n) is 2.95. The summed E-state index contributed by atoms with van der Waals surface area (Å²) in [6.45, 7) is 5.72. The molecular weight excluding hydrogens is 382 g/mol. The average Bonchev–Trinajstić information content (AvgIpc) is 3.15. The first kappa shape index (κ1) is 19.1. The van der Waals surface area contributed by atoms with Gasteiger partial charge in [0.25, 0.3) is 5.91 Å². The molecule has 0 aliphatic heterocycles. The summed E-state index contributed by atoms with van der Waals surface area (Å²) in [5.74, 6) is 0.525. The zero-order chi connectivity index (χ0) is 20.4. The maximum absolute atomic E-state index is 12.6. The van der Waals surface area contributed by atoms with E-state index in [1.54, 1.807) is 13.1 Å². The van der Waals surface area contributed by atoms with Crippen molar-refractivity contribution in [2.75, 3.05) is 5.32 Å². The molecule has 6 heteroatoms. The van der Waals surface area contributed by atoms with E-state index >= 15 is 0 Å². The van der Waals surface area contributed by atoms with Crippen molar-refractivity contribution in [3.63, 3.8) is 0 Å². The lowest BCUT2D eigenvalue weighted by atomic mass is 10.1. The van der Waals surface area contributed by atoms with Gasteiger partial charge in [-0.05, 0) is 62.2 Å². The van der Waals surface area contributed by atoms with E-state index in [2.05, 4.69) is 15.3 Å². The first-order chi connectivity index (χ1) is 14.0. The van der Waals surface area contributed by atoms with Gasteiger partial charge in [-0.2, -0.15) is 0 Å². The normalized spacial score (nSPS) is 12.0. The number of carbonyl (C=O) groups excluding carboxylic acids is 1. The van der Waals surface area contributed by atoms with Crippen molar-refractivity contribution in [2.45, 2.75) is 26.9 Å². The fraction of sp³-hybridized carbons (Fsp3) is 0.174. The van der Waals surface area contributed by atoms with Crippen LogP contribution in [0.25, 0.3) is 20.9 Å². The minimum atomic E-state index is -0.620. The van der Waals surface area contributed by atoms with E-state index in [9.17, 15) is 4.79 Å². The molecule has 1 N–H and O–H groups in total. The molecule has 1 amide bonds. The minimum absolute atomic E-state index is 0.200. The Morgan fingerprint density at radius 2 is 1.97 bits per heavy atom. The van der Waals surface area contributed by atoms with Crippen LogP contribution in [-0.2, 0) is 4.79 Å². The second-order valence-corrected chi connectivity index (χ2v) is 7.92. The highest BCUT2D eigenvalue weighted by Crippen LogP contribution is 2.30. The topological polar surface area (TPSA) is 64.1 Å². The van der Waals surface area contributed by atoms with Gasteiger partial charge in [0.1, 0.15) is 21.1 Å². The third-order valence-corrected chi connectivity index (χ3v) is 5.59. The number of nitrogens with one attached hydrogen (secondary N) is 1. The summed E-state index contributed by atoms with van der Waals surface area (Å²) in [4.78, 5) is 22.5. The van der Waals surface area contributed by atoms with Crippen LogP contribution in [0.3, 0.4) is 0 Å². The average molecular weight is 404 g/mol. The van der Waals surface area contributed by atoms with Crippen molar-refractivity contribution in [3.8, 4) is 16.3 Å². The Morgan fingerprint density at radius 3 is 2.79 bits per heavy atom. The van der Waals surface area contributed by atoms with Crippen LogP contribution in [0.15, 0.2) is 60.8 Å². The summed E-state index contributed by atoms with van der Waals surface area (Å²) < 4.78 is 5.88. The lowest BCUT2D eigenvalue weighted by Gasteiger charge is -2.17. The number of nitrogens with zero attached hydrogens (tertiary/aromatic N) is 2. The van der Waals surface area contributed by atoms with Gasteiger partial charge in [0.05, 0.1) is 0 Å². The number of fused-ring (bicyclic) bond motifs is 1. The number of thiazole rings is 1. The lowest BCUT2D eigenvalue weighted by molar-refractivity contribution is -0.122. The number of hydrogen-bond acceptors (Lipinski definition) is 5. The maximum Gasteiger partial charge on any atom is 0.265 e. The van der Waals surface area contributed by atoms with Crippen molar-refractivity contribution in [1.82, 2.24) is 9.97 Å². The first-order valence-electron chi connectivity index (χ1n) is 9.36. The largest absolute Gasteiger partial charge is 0.481 e. The van der Waals surface area contributed by atoms with Crippen LogP contribution >= 0.6 is 11.3 Å². The van der Waals surface area contributed by atoms with E-state index in [0.29, 0.717) is 5.69 Å². The Kier molecular flexibility index (Phi) is 5.27. The first-order valence-corrected chi connectivity index (χ1v) is 10.2. The zero-order valence-corrected chi connectivity index (χ0v) is 17.3. The Hall–Kier alpha value is -3.25. The molecule has 2 aromatic carbocycles. The number of pyridine rings is 1. The van der Waals surface area contributed by atoms with Gasteiger partial charge in [0, 0.05) is 17.4 Å². The smallest absolute Gasteiger partial charge is 0.265 e. The van der Waals surface area contributed by atoms with Gasteiger partial charge in [-0.25, -0.2) is 9.97 Å². The Balaban J connectivity index is 1.49. The Bertz CT molecular complexity index is 1150. The summed E-state index contributed by atoms with van der Waals surface area (Å²) in [6, 6.07) is 17.4. The van der Waals surface area contributed by atoms with Gasteiger partial charge in [-0.3, -0.25) is 4.79 Å². The van der Waals surface area contributed by atoms with E-state index in [-0.39, 0.29) is 5.91 Å². The molecule has 0 aliphatic carbocycles. The summed E-state index contributed by atoms with van der Waals surface area (Å²) >= 11 is 1.53. The van der Waals surface area contributed by atoms with Gasteiger partial charge >= 0.3 is 0 Å². The SMILES string of the molecule is Cc1ccc(C)c(OC(C)C(=O)Nc2cccc(-c3nc4cccnc4s3)c2)c1. The van der Waals surface area contributed by atoms with Crippen molar-refractivity contribution >= 4 is 33.3 Å². The van der Waals surface area contributed by atoms with E-state index in [1.807, 2.05) is 68.4 Å². The molecule has 4 aromatic rings. The molecule has 4 rings (SSSR count). The third-order valence-electron chi connectivity index (χ3n) is 4.56. The van der Waals surface area contributed by atoms with Gasteiger partial charge < -0.3 is 10.1 Å². The van der Waals surface area contributed by atoms with Crippen LogP contribution in [0.5, 0.6) is 5.75 Å². The highest BCUT2D eigenvalue weighted by molar-refractivity contribution is 7.21. The molecule has 0 bridgehead atoms. The van der Waals surface area contributed by atoms with E-state index in [4.69, 9.17) is 4.74 Å². The number of benzene rings is 2. The molecule has 1 unspecified atom stereocenters. The molecule has 0 aliphatic rings. The molecule has 2 heterocycles. The van der Waals surface area contributed by atoms with Crippen LogP contribution in [0.1, 0.15) is 18.1 Å². The highest BCUT2D eigenvalue weighted by Gasteiger charge is 2.16. The molecule has 29 heavy (non-hydrogen) atoms. The van der Waals surface area contributed by atoms with Gasteiger partial charge in [-0.15, -0.1) is 0 Å². The minimum Gasteiger partial charge on any atom is -0.481 e. The van der Waals surface area contributed by atoms with Crippen molar-refractivity contribution < 1.29 is 9.53 Å². The Labute approximate surface area is 173 Å². The molecule has 5 nitrogen and oxygen atoms in total. The fourth-order valence-corrected chi connectivity index (χ4v) is 3.85. The monoisotopic (exact) mass is 403 g/mol. The second-order valence-electron chi connectivity index (χ2n) is 6.95. The number of anilines is 1. The number of rotatable bonds is 5. The van der Waals surface area contributed by atoms with Gasteiger partial charge in [-0.1, -0.05) is 35.6 Å². The second kappa shape index (κ2) is 8.01. The summed E-state index contributed by atoms with van der Waals surface area (Å²) in [5.41, 5.74) is 4.61.